The molecule has 1 aromatic carbocycles. The number of H-pyrrole nitrogens is 1. The maximum Gasteiger partial charge on any atom is 0.323 e. The van der Waals surface area contributed by atoms with Gasteiger partial charge in [0.15, 0.2) is 11.5 Å². The molecule has 2 aromatic rings. The maximum absolute atomic E-state index is 13.0. The summed E-state index contributed by atoms with van der Waals surface area (Å²) >= 11 is 2.02. The van der Waals surface area contributed by atoms with E-state index >= 15 is 0 Å². The average molecular weight is 422 g/mol. The Morgan fingerprint density at radius 2 is 2.04 bits per heavy atom. The number of aliphatic carboxylic acids is 1. The summed E-state index contributed by atoms with van der Waals surface area (Å²) in [4.78, 5) is 52.5. The largest absolute Gasteiger partial charge is 0.504 e. The number of amides is 2. The Morgan fingerprint density at radius 1 is 1.29 bits per heavy atom. The normalized spacial score (nSPS) is 23.5. The number of thiazole rings is 1. The van der Waals surface area contributed by atoms with Crippen molar-refractivity contribution >= 4 is 40.9 Å². The van der Waals surface area contributed by atoms with Crippen LogP contribution in [0.25, 0.3) is 0 Å². The molecule has 3 heterocycles. The second kappa shape index (κ2) is 6.67. The fraction of sp³-hybridized carbons (Fsp3) is 0.294. The van der Waals surface area contributed by atoms with Crippen molar-refractivity contribution in [2.45, 2.75) is 16.2 Å². The number of phenolic OH excluding ortho intramolecular Hbond substituents is 1. The molecule has 2 amide bonds. The molecule has 0 bridgehead atoms. The molecule has 28 heavy (non-hydrogen) atoms. The lowest BCUT2D eigenvalue weighted by molar-refractivity contribution is -0.149. The number of thioether (sulfide) groups is 1. The van der Waals surface area contributed by atoms with Crippen LogP contribution in [0.4, 0.5) is 0 Å². The summed E-state index contributed by atoms with van der Waals surface area (Å²) < 4.78 is 5.14. The van der Waals surface area contributed by atoms with Crippen molar-refractivity contribution in [2.24, 2.45) is 5.92 Å². The number of hydrogen-bond donors (Lipinski definition) is 3. The standard InChI is InChI=1S/C17H14N2O7S2/c1-26-8-4-6(2-3-7(8)20)10-11-13(27-14-12(10)28-17(25)18-14)16(24)19(15(11)23)5-9(21)22/h2-4,10-11,13,20H,5H2,1H3,(H,18,25)(H,21,22)/t10-,11+,13-/m0/s1. The molecule has 146 valence electrons. The highest BCUT2D eigenvalue weighted by Gasteiger charge is 2.56. The van der Waals surface area contributed by atoms with Crippen molar-refractivity contribution in [2.75, 3.05) is 13.7 Å². The van der Waals surface area contributed by atoms with Crippen LogP contribution in [0.1, 0.15) is 16.4 Å². The van der Waals surface area contributed by atoms with Gasteiger partial charge in [-0.15, -0.1) is 0 Å². The Labute approximate surface area is 165 Å². The molecular formula is C17H14N2O7S2. The molecule has 2 aliphatic heterocycles. The molecule has 3 atom stereocenters. The van der Waals surface area contributed by atoms with E-state index in [1.807, 2.05) is 0 Å². The number of aromatic hydroxyl groups is 1. The van der Waals surface area contributed by atoms with Crippen LogP contribution in [0.3, 0.4) is 0 Å². The van der Waals surface area contributed by atoms with E-state index in [-0.39, 0.29) is 16.4 Å². The van der Waals surface area contributed by atoms with Crippen LogP contribution in [-0.4, -0.2) is 56.8 Å². The zero-order valence-electron chi connectivity index (χ0n) is 14.4. The van der Waals surface area contributed by atoms with Gasteiger partial charge in [-0.25, -0.2) is 0 Å². The number of carboxylic acids is 1. The number of aromatic nitrogens is 1. The number of carbonyl (C=O) groups excluding carboxylic acids is 2. The van der Waals surface area contributed by atoms with Crippen molar-refractivity contribution in [3.05, 3.63) is 38.3 Å². The number of phenols is 1. The number of rotatable bonds is 4. The lowest BCUT2D eigenvalue weighted by atomic mass is 9.83. The molecule has 0 saturated carbocycles. The maximum atomic E-state index is 13.0. The summed E-state index contributed by atoms with van der Waals surface area (Å²) in [6.45, 7) is -0.707. The van der Waals surface area contributed by atoms with Crippen molar-refractivity contribution in [1.82, 2.24) is 9.88 Å². The lowest BCUT2D eigenvalue weighted by Gasteiger charge is -2.30. The summed E-state index contributed by atoms with van der Waals surface area (Å²) in [5.74, 6) is -3.85. The van der Waals surface area contributed by atoms with Crippen molar-refractivity contribution < 1.29 is 29.3 Å². The van der Waals surface area contributed by atoms with Gasteiger partial charge in [0, 0.05) is 10.8 Å². The predicted octanol–water partition coefficient (Wildman–Crippen LogP) is 0.826. The first-order valence-electron chi connectivity index (χ1n) is 8.15. The topological polar surface area (TPSA) is 137 Å². The van der Waals surface area contributed by atoms with E-state index in [1.165, 1.54) is 13.2 Å². The highest BCUT2D eigenvalue weighted by molar-refractivity contribution is 8.00. The van der Waals surface area contributed by atoms with Gasteiger partial charge in [-0.05, 0) is 17.7 Å². The van der Waals surface area contributed by atoms with E-state index in [4.69, 9.17) is 9.84 Å². The SMILES string of the molecule is COc1cc([C@@H]2c3sc(=O)[nH]c3S[C@@H]3C(=O)N(CC(=O)O)C(=O)[C@H]23)ccc1O. The van der Waals surface area contributed by atoms with Gasteiger partial charge < -0.3 is 19.9 Å². The molecule has 1 saturated heterocycles. The number of methoxy groups -OCH3 is 1. The van der Waals surface area contributed by atoms with Crippen LogP contribution in [0.5, 0.6) is 11.5 Å². The number of carbonyl (C=O) groups is 3. The van der Waals surface area contributed by atoms with Gasteiger partial charge in [0.05, 0.1) is 18.1 Å². The number of ether oxygens (including phenoxy) is 1. The van der Waals surface area contributed by atoms with Crippen LogP contribution in [0.2, 0.25) is 0 Å². The lowest BCUT2D eigenvalue weighted by Crippen LogP contribution is -2.36. The first-order chi connectivity index (χ1) is 13.3. The van der Waals surface area contributed by atoms with Crippen LogP contribution >= 0.6 is 23.1 Å². The van der Waals surface area contributed by atoms with Crippen molar-refractivity contribution in [3.8, 4) is 11.5 Å². The number of fused-ring (bicyclic) bond motifs is 2. The number of nitrogens with zero attached hydrogens (tertiary/aromatic N) is 1. The Kier molecular flexibility index (Phi) is 4.42. The Balaban J connectivity index is 1.87. The van der Waals surface area contributed by atoms with Gasteiger partial charge >= 0.3 is 10.8 Å². The van der Waals surface area contributed by atoms with Crippen molar-refractivity contribution in [3.63, 3.8) is 0 Å². The molecule has 3 N–H and O–H groups in total. The molecule has 0 radical (unpaired) electrons. The molecule has 2 aliphatic rings. The minimum absolute atomic E-state index is 0.0863. The monoisotopic (exact) mass is 422 g/mol. The average Bonchev–Trinajstić information content (AvgIpc) is 3.12. The smallest absolute Gasteiger partial charge is 0.323 e. The zero-order valence-corrected chi connectivity index (χ0v) is 16.0. The molecule has 4 rings (SSSR count). The molecule has 1 fully saturated rings. The predicted molar refractivity (Wildman–Crippen MR) is 98.9 cm³/mol. The van der Waals surface area contributed by atoms with Gasteiger partial charge in [-0.1, -0.05) is 29.2 Å². The molecule has 11 heteroatoms. The molecule has 9 nitrogen and oxygen atoms in total. The first kappa shape index (κ1) is 18.6. The number of imide groups is 1. The Hall–Kier alpha value is -2.79. The Bertz CT molecular complexity index is 1060. The van der Waals surface area contributed by atoms with Crippen LogP contribution < -0.4 is 9.61 Å². The van der Waals surface area contributed by atoms with E-state index in [2.05, 4.69) is 4.98 Å². The third-order valence-corrected chi connectivity index (χ3v) is 7.17. The van der Waals surface area contributed by atoms with E-state index in [0.717, 1.165) is 28.0 Å². The Morgan fingerprint density at radius 3 is 2.71 bits per heavy atom. The quantitative estimate of drug-likeness (QED) is 0.616. The van der Waals surface area contributed by atoms with Gasteiger partial charge in [-0.3, -0.25) is 24.1 Å². The number of hydrogen-bond acceptors (Lipinski definition) is 8. The minimum Gasteiger partial charge on any atom is -0.504 e. The van der Waals surface area contributed by atoms with Crippen LogP contribution in [0, 0.1) is 5.92 Å². The molecule has 0 unspecified atom stereocenters. The van der Waals surface area contributed by atoms with Crippen LogP contribution in [0.15, 0.2) is 28.0 Å². The summed E-state index contributed by atoms with van der Waals surface area (Å²) in [5.41, 5.74) is 0.583. The number of likely N-dealkylation sites (tertiary alicyclic amines) is 1. The highest BCUT2D eigenvalue weighted by atomic mass is 32.2. The highest BCUT2D eigenvalue weighted by Crippen LogP contribution is 2.53. The summed E-state index contributed by atoms with van der Waals surface area (Å²) in [6.07, 6.45) is 0. The van der Waals surface area contributed by atoms with Crippen LogP contribution in [-0.2, 0) is 14.4 Å². The van der Waals surface area contributed by atoms with E-state index in [9.17, 15) is 24.3 Å². The molecule has 0 spiro atoms. The summed E-state index contributed by atoms with van der Waals surface area (Å²) in [6, 6.07) is 4.57. The molecule has 0 aliphatic carbocycles. The fourth-order valence-electron chi connectivity index (χ4n) is 3.61. The third kappa shape index (κ3) is 2.78. The minimum atomic E-state index is -1.28. The summed E-state index contributed by atoms with van der Waals surface area (Å²) in [5, 5.41) is 18.6. The number of benzene rings is 1. The van der Waals surface area contributed by atoms with Gasteiger partial charge in [0.2, 0.25) is 11.8 Å². The number of nitrogens with one attached hydrogen (secondary N) is 1. The van der Waals surface area contributed by atoms with Gasteiger partial charge in [0.25, 0.3) is 0 Å². The second-order valence-electron chi connectivity index (χ2n) is 6.34. The number of aromatic amines is 1. The van der Waals surface area contributed by atoms with E-state index in [1.54, 1.807) is 12.1 Å². The van der Waals surface area contributed by atoms with Gasteiger partial charge in [-0.2, -0.15) is 0 Å². The number of carboxylic acid groups (broad SMARTS) is 1. The second-order valence-corrected chi connectivity index (χ2v) is 8.50. The van der Waals surface area contributed by atoms with Gasteiger partial charge in [0.1, 0.15) is 11.8 Å². The van der Waals surface area contributed by atoms with E-state index in [0.29, 0.717) is 15.5 Å². The molecular weight excluding hydrogens is 408 g/mol. The zero-order chi connectivity index (χ0) is 20.2. The first-order valence-corrected chi connectivity index (χ1v) is 9.85. The van der Waals surface area contributed by atoms with E-state index < -0.39 is 41.4 Å². The van der Waals surface area contributed by atoms with Crippen molar-refractivity contribution in [1.29, 1.82) is 0 Å². The fourth-order valence-corrected chi connectivity index (χ4v) is 6.15. The third-order valence-electron chi connectivity index (χ3n) is 4.77. The summed E-state index contributed by atoms with van der Waals surface area (Å²) in [7, 11) is 1.39. The molecule has 1 aromatic heterocycles.